The van der Waals surface area contributed by atoms with Crippen molar-refractivity contribution < 1.29 is 4.79 Å². The Bertz CT molecular complexity index is 346. The van der Waals surface area contributed by atoms with Crippen LogP contribution in [0.5, 0.6) is 0 Å². The molecule has 2 heteroatoms. The Morgan fingerprint density at radius 2 is 2.43 bits per heavy atom. The summed E-state index contributed by atoms with van der Waals surface area (Å²) in [6.45, 7) is 1.78. The molecular weight excluding hydrogens is 174 g/mol. The maximum atomic E-state index is 11.4. The van der Waals surface area contributed by atoms with Gasteiger partial charge in [0.2, 0.25) is 0 Å². The highest BCUT2D eigenvalue weighted by molar-refractivity contribution is 5.80. The van der Waals surface area contributed by atoms with E-state index >= 15 is 0 Å². The van der Waals surface area contributed by atoms with Crippen LogP contribution in [-0.2, 0) is 11.2 Å². The topological polar surface area (TPSA) is 30.0 Å². The number of pyridine rings is 1. The molecule has 1 heterocycles. The van der Waals surface area contributed by atoms with E-state index in [0.29, 0.717) is 19.3 Å². The number of rotatable bonds is 4. The third-order valence-electron chi connectivity index (χ3n) is 1.83. The maximum Gasteiger partial charge on any atom is 0.138 e. The predicted molar refractivity (Wildman–Crippen MR) is 55.6 cm³/mol. The molecule has 0 N–H and O–H groups in total. The van der Waals surface area contributed by atoms with E-state index in [2.05, 4.69) is 16.8 Å². The fourth-order valence-electron chi connectivity index (χ4n) is 1.15. The van der Waals surface area contributed by atoms with Crippen LogP contribution in [0.25, 0.3) is 0 Å². The zero-order valence-electron chi connectivity index (χ0n) is 8.29. The number of aromatic nitrogens is 1. The zero-order valence-corrected chi connectivity index (χ0v) is 8.29. The maximum absolute atomic E-state index is 11.4. The lowest BCUT2D eigenvalue weighted by Gasteiger charge is -1.97. The van der Waals surface area contributed by atoms with Gasteiger partial charge in [0.25, 0.3) is 0 Å². The van der Waals surface area contributed by atoms with E-state index in [4.69, 9.17) is 0 Å². The SMILES string of the molecule is CC#CCCC(=O)Cc1cccnc1. The highest BCUT2D eigenvalue weighted by Gasteiger charge is 2.01. The molecule has 2 nitrogen and oxygen atoms in total. The Morgan fingerprint density at radius 3 is 3.07 bits per heavy atom. The number of Topliss-reactive ketones (excluding diaryl/α,β-unsaturated/α-hetero) is 1. The van der Waals surface area contributed by atoms with Crippen molar-refractivity contribution in [1.82, 2.24) is 4.98 Å². The average molecular weight is 187 g/mol. The summed E-state index contributed by atoms with van der Waals surface area (Å²) in [6.07, 6.45) is 5.10. The van der Waals surface area contributed by atoms with Crippen LogP contribution in [0.15, 0.2) is 24.5 Å². The summed E-state index contributed by atoms with van der Waals surface area (Å²) in [5.41, 5.74) is 0.974. The number of hydrogen-bond acceptors (Lipinski definition) is 2. The number of carbonyl (C=O) groups excluding carboxylic acids is 1. The third kappa shape index (κ3) is 3.86. The van der Waals surface area contributed by atoms with Crippen LogP contribution >= 0.6 is 0 Å². The minimum atomic E-state index is 0.223. The van der Waals surface area contributed by atoms with E-state index in [0.717, 1.165) is 5.56 Å². The monoisotopic (exact) mass is 187 g/mol. The summed E-state index contributed by atoms with van der Waals surface area (Å²) in [4.78, 5) is 15.3. The Hall–Kier alpha value is -1.62. The number of carbonyl (C=O) groups is 1. The molecule has 0 unspecified atom stereocenters. The second kappa shape index (κ2) is 5.93. The highest BCUT2D eigenvalue weighted by Crippen LogP contribution is 2.01. The smallest absolute Gasteiger partial charge is 0.138 e. The molecule has 0 spiro atoms. The average Bonchev–Trinajstić information content (AvgIpc) is 2.20. The van der Waals surface area contributed by atoms with Crippen LogP contribution in [0.3, 0.4) is 0 Å². The van der Waals surface area contributed by atoms with Crippen molar-refractivity contribution in [3.05, 3.63) is 30.1 Å². The molecule has 0 bridgehead atoms. The summed E-state index contributed by atoms with van der Waals surface area (Å²) < 4.78 is 0. The molecule has 1 rings (SSSR count). The zero-order chi connectivity index (χ0) is 10.2. The van der Waals surface area contributed by atoms with Crippen LogP contribution in [0.1, 0.15) is 25.3 Å². The van der Waals surface area contributed by atoms with E-state index in [1.165, 1.54) is 0 Å². The molecule has 1 aromatic rings. The van der Waals surface area contributed by atoms with Crippen molar-refractivity contribution in [2.45, 2.75) is 26.2 Å². The molecule has 0 aliphatic carbocycles. The van der Waals surface area contributed by atoms with Crippen molar-refractivity contribution >= 4 is 5.78 Å². The van der Waals surface area contributed by atoms with Gasteiger partial charge < -0.3 is 0 Å². The van der Waals surface area contributed by atoms with Crippen molar-refractivity contribution in [2.24, 2.45) is 0 Å². The lowest BCUT2D eigenvalue weighted by Crippen LogP contribution is -2.01. The molecule has 0 aliphatic rings. The van der Waals surface area contributed by atoms with Crippen LogP contribution in [0.2, 0.25) is 0 Å². The fraction of sp³-hybridized carbons (Fsp3) is 0.333. The standard InChI is InChI=1S/C12H13NO/c1-2-3-4-7-12(14)9-11-6-5-8-13-10-11/h5-6,8,10H,4,7,9H2,1H3. The van der Waals surface area contributed by atoms with E-state index < -0.39 is 0 Å². The van der Waals surface area contributed by atoms with E-state index in [-0.39, 0.29) is 5.78 Å². The van der Waals surface area contributed by atoms with Crippen LogP contribution < -0.4 is 0 Å². The number of hydrogen-bond donors (Lipinski definition) is 0. The molecule has 0 atom stereocenters. The normalized spacial score (nSPS) is 8.93. The first-order valence-electron chi connectivity index (χ1n) is 4.63. The number of nitrogens with zero attached hydrogens (tertiary/aromatic N) is 1. The highest BCUT2D eigenvalue weighted by atomic mass is 16.1. The lowest BCUT2D eigenvalue weighted by atomic mass is 10.1. The van der Waals surface area contributed by atoms with Gasteiger partial charge in [-0.05, 0) is 18.6 Å². The first kappa shape index (κ1) is 10.5. The third-order valence-corrected chi connectivity index (χ3v) is 1.83. The summed E-state index contributed by atoms with van der Waals surface area (Å²) in [5.74, 6) is 5.87. The van der Waals surface area contributed by atoms with E-state index in [1.807, 2.05) is 12.1 Å². The lowest BCUT2D eigenvalue weighted by molar-refractivity contribution is -0.118. The molecule has 0 fully saturated rings. The first-order chi connectivity index (χ1) is 6.83. The minimum absolute atomic E-state index is 0.223. The fourth-order valence-corrected chi connectivity index (χ4v) is 1.15. The Labute approximate surface area is 84.4 Å². The Balaban J connectivity index is 2.37. The van der Waals surface area contributed by atoms with Gasteiger partial charge in [-0.25, -0.2) is 0 Å². The molecule has 1 aromatic heterocycles. The van der Waals surface area contributed by atoms with Gasteiger partial charge in [0, 0.05) is 31.7 Å². The van der Waals surface area contributed by atoms with Crippen molar-refractivity contribution in [3.8, 4) is 11.8 Å². The summed E-state index contributed by atoms with van der Waals surface area (Å²) in [7, 11) is 0. The summed E-state index contributed by atoms with van der Waals surface area (Å²) >= 11 is 0. The molecule has 0 aromatic carbocycles. The molecular formula is C12H13NO. The van der Waals surface area contributed by atoms with Crippen LogP contribution in [-0.4, -0.2) is 10.8 Å². The summed E-state index contributed by atoms with van der Waals surface area (Å²) in [6, 6.07) is 3.75. The van der Waals surface area contributed by atoms with Gasteiger partial charge in [0.15, 0.2) is 0 Å². The molecule has 72 valence electrons. The quantitative estimate of drug-likeness (QED) is 0.675. The van der Waals surface area contributed by atoms with Gasteiger partial charge >= 0.3 is 0 Å². The predicted octanol–water partition coefficient (Wildman–Crippen LogP) is 2.00. The van der Waals surface area contributed by atoms with Crippen LogP contribution in [0, 0.1) is 11.8 Å². The minimum Gasteiger partial charge on any atom is -0.299 e. The molecule has 0 saturated heterocycles. The van der Waals surface area contributed by atoms with Crippen LogP contribution in [0.4, 0.5) is 0 Å². The summed E-state index contributed by atoms with van der Waals surface area (Å²) in [5, 5.41) is 0. The van der Waals surface area contributed by atoms with Gasteiger partial charge in [-0.2, -0.15) is 0 Å². The number of ketones is 1. The molecule has 0 radical (unpaired) electrons. The second-order valence-corrected chi connectivity index (χ2v) is 3.00. The van der Waals surface area contributed by atoms with Crippen molar-refractivity contribution in [2.75, 3.05) is 0 Å². The molecule has 14 heavy (non-hydrogen) atoms. The Morgan fingerprint density at radius 1 is 1.57 bits per heavy atom. The van der Waals surface area contributed by atoms with Gasteiger partial charge in [-0.15, -0.1) is 11.8 Å². The van der Waals surface area contributed by atoms with E-state index in [9.17, 15) is 4.79 Å². The largest absolute Gasteiger partial charge is 0.299 e. The van der Waals surface area contributed by atoms with Gasteiger partial charge in [0.1, 0.15) is 5.78 Å². The molecule has 0 amide bonds. The Kier molecular flexibility index (Phi) is 4.43. The van der Waals surface area contributed by atoms with Gasteiger partial charge in [0.05, 0.1) is 0 Å². The van der Waals surface area contributed by atoms with Gasteiger partial charge in [-0.1, -0.05) is 6.07 Å². The molecule has 0 aliphatic heterocycles. The van der Waals surface area contributed by atoms with E-state index in [1.54, 1.807) is 19.3 Å². The van der Waals surface area contributed by atoms with Gasteiger partial charge in [-0.3, -0.25) is 9.78 Å². The van der Waals surface area contributed by atoms with Crippen molar-refractivity contribution in [1.29, 1.82) is 0 Å². The first-order valence-corrected chi connectivity index (χ1v) is 4.63. The second-order valence-electron chi connectivity index (χ2n) is 3.00. The van der Waals surface area contributed by atoms with Crippen molar-refractivity contribution in [3.63, 3.8) is 0 Å². The molecule has 0 saturated carbocycles.